The Morgan fingerprint density at radius 3 is 2.62 bits per heavy atom. The second-order valence-corrected chi connectivity index (χ2v) is 7.12. The molecule has 1 heterocycles. The number of ether oxygens (including phenoxy) is 1. The fourth-order valence-electron chi connectivity index (χ4n) is 2.69. The Hall–Kier alpha value is -2.71. The summed E-state index contributed by atoms with van der Waals surface area (Å²) in [5, 5.41) is 12.0. The quantitative estimate of drug-likeness (QED) is 0.405. The first-order chi connectivity index (χ1) is 14.2. The van der Waals surface area contributed by atoms with Crippen LogP contribution in [0, 0.1) is 5.82 Å². The number of carbonyl (C=O) groups excluding carboxylic acids is 1. The maximum atomic E-state index is 13.3. The number of hydrogen-bond acceptors (Lipinski definition) is 5. The number of benzene rings is 2. The molecule has 1 N–H and O–H groups in total. The van der Waals surface area contributed by atoms with Gasteiger partial charge in [0.1, 0.15) is 5.82 Å². The number of aromatic nitrogens is 3. The number of nitrogens with zero attached hydrogens (tertiary/aromatic N) is 3. The predicted octanol–water partition coefficient (Wildman–Crippen LogP) is 3.71. The molecule has 29 heavy (non-hydrogen) atoms. The lowest BCUT2D eigenvalue weighted by Crippen LogP contribution is -2.27. The van der Waals surface area contributed by atoms with Gasteiger partial charge < -0.3 is 10.1 Å². The third kappa shape index (κ3) is 5.88. The zero-order valence-corrected chi connectivity index (χ0v) is 17.0. The predicted molar refractivity (Wildman–Crippen MR) is 112 cm³/mol. The van der Waals surface area contributed by atoms with E-state index < -0.39 is 0 Å². The molecule has 1 aromatic heterocycles. The van der Waals surface area contributed by atoms with Crippen LogP contribution in [0.2, 0.25) is 0 Å². The van der Waals surface area contributed by atoms with Crippen molar-refractivity contribution in [2.45, 2.75) is 18.5 Å². The van der Waals surface area contributed by atoms with Crippen molar-refractivity contribution in [3.8, 4) is 17.1 Å². The summed E-state index contributed by atoms with van der Waals surface area (Å²) in [5.74, 6) is 0.437. The van der Waals surface area contributed by atoms with Crippen molar-refractivity contribution in [3.05, 3.63) is 60.4 Å². The van der Waals surface area contributed by atoms with Gasteiger partial charge in [0.2, 0.25) is 5.91 Å². The zero-order chi connectivity index (χ0) is 20.5. The first-order valence-electron chi connectivity index (χ1n) is 9.43. The van der Waals surface area contributed by atoms with E-state index in [1.54, 1.807) is 12.1 Å². The molecule has 0 aliphatic carbocycles. The van der Waals surface area contributed by atoms with Gasteiger partial charge in [-0.25, -0.2) is 4.39 Å². The summed E-state index contributed by atoms with van der Waals surface area (Å²) >= 11 is 1.31. The Morgan fingerprint density at radius 1 is 1.14 bits per heavy atom. The highest BCUT2D eigenvalue weighted by Gasteiger charge is 2.17. The number of amides is 1. The monoisotopic (exact) mass is 414 g/mol. The Balaban J connectivity index is 1.73. The van der Waals surface area contributed by atoms with Crippen LogP contribution in [0.1, 0.15) is 13.3 Å². The summed E-state index contributed by atoms with van der Waals surface area (Å²) in [6.45, 7) is 3.83. The summed E-state index contributed by atoms with van der Waals surface area (Å²) < 4.78 is 20.4. The first kappa shape index (κ1) is 21.0. The van der Waals surface area contributed by atoms with Crippen molar-refractivity contribution < 1.29 is 13.9 Å². The summed E-state index contributed by atoms with van der Waals surface area (Å²) in [6.07, 6.45) is 0.777. The van der Waals surface area contributed by atoms with Crippen LogP contribution in [0.5, 0.6) is 0 Å². The van der Waals surface area contributed by atoms with Gasteiger partial charge in [0.15, 0.2) is 11.0 Å². The topological polar surface area (TPSA) is 69.0 Å². The molecule has 0 spiro atoms. The largest absolute Gasteiger partial charge is 0.382 e. The second-order valence-electron chi connectivity index (χ2n) is 6.17. The van der Waals surface area contributed by atoms with Crippen LogP contribution >= 0.6 is 11.8 Å². The molecule has 0 radical (unpaired) electrons. The third-order valence-electron chi connectivity index (χ3n) is 4.07. The van der Waals surface area contributed by atoms with Crippen molar-refractivity contribution in [2.75, 3.05) is 25.5 Å². The number of para-hydroxylation sites is 1. The second kappa shape index (κ2) is 10.7. The SMILES string of the molecule is CCOCCCNC(=O)CSc1nnc(-c2ccc(F)cc2)n1-c1ccccc1. The van der Waals surface area contributed by atoms with E-state index in [4.69, 9.17) is 4.74 Å². The standard InChI is InChI=1S/C21H23FN4O2S/c1-2-28-14-6-13-23-19(27)15-29-21-25-24-20(16-9-11-17(22)12-10-16)26(21)18-7-4-3-5-8-18/h3-5,7-12H,2,6,13-15H2,1H3,(H,23,27). The smallest absolute Gasteiger partial charge is 0.230 e. The van der Waals surface area contributed by atoms with E-state index in [0.29, 0.717) is 30.7 Å². The van der Waals surface area contributed by atoms with Gasteiger partial charge in [0.05, 0.1) is 5.75 Å². The van der Waals surface area contributed by atoms with Crippen LogP contribution in [0.4, 0.5) is 4.39 Å². The molecule has 8 heteroatoms. The van der Waals surface area contributed by atoms with Gasteiger partial charge in [-0.2, -0.15) is 0 Å². The van der Waals surface area contributed by atoms with Gasteiger partial charge in [0, 0.05) is 31.0 Å². The molecule has 0 saturated carbocycles. The van der Waals surface area contributed by atoms with E-state index in [-0.39, 0.29) is 17.5 Å². The highest BCUT2D eigenvalue weighted by atomic mass is 32.2. The Labute approximate surface area is 173 Å². The van der Waals surface area contributed by atoms with Gasteiger partial charge >= 0.3 is 0 Å². The van der Waals surface area contributed by atoms with Crippen LogP contribution < -0.4 is 5.32 Å². The molecule has 0 atom stereocenters. The Kier molecular flexibility index (Phi) is 7.77. The Morgan fingerprint density at radius 2 is 1.90 bits per heavy atom. The molecule has 1 amide bonds. The summed E-state index contributed by atoms with van der Waals surface area (Å²) in [4.78, 5) is 12.1. The fraction of sp³-hybridized carbons (Fsp3) is 0.286. The zero-order valence-electron chi connectivity index (χ0n) is 16.2. The molecule has 3 rings (SSSR count). The van der Waals surface area contributed by atoms with Crippen molar-refractivity contribution in [2.24, 2.45) is 0 Å². The maximum Gasteiger partial charge on any atom is 0.230 e. The molecule has 0 fully saturated rings. The van der Waals surface area contributed by atoms with Gasteiger partial charge in [-0.3, -0.25) is 9.36 Å². The molecule has 152 valence electrons. The Bertz CT molecular complexity index is 916. The summed E-state index contributed by atoms with van der Waals surface area (Å²) in [6, 6.07) is 15.8. The average molecular weight is 415 g/mol. The molecule has 3 aromatic rings. The van der Waals surface area contributed by atoms with Crippen LogP contribution in [0.25, 0.3) is 17.1 Å². The number of carbonyl (C=O) groups is 1. The van der Waals surface area contributed by atoms with E-state index in [2.05, 4.69) is 15.5 Å². The van der Waals surface area contributed by atoms with Crippen molar-refractivity contribution in [1.82, 2.24) is 20.1 Å². The van der Waals surface area contributed by atoms with E-state index in [9.17, 15) is 9.18 Å². The normalized spacial score (nSPS) is 10.8. The average Bonchev–Trinajstić information content (AvgIpc) is 3.17. The van der Waals surface area contributed by atoms with E-state index >= 15 is 0 Å². The molecule has 2 aromatic carbocycles. The fourth-order valence-corrected chi connectivity index (χ4v) is 3.47. The number of rotatable bonds is 10. The lowest BCUT2D eigenvalue weighted by molar-refractivity contribution is -0.118. The van der Waals surface area contributed by atoms with E-state index in [1.807, 2.05) is 41.8 Å². The van der Waals surface area contributed by atoms with E-state index in [0.717, 1.165) is 17.7 Å². The highest BCUT2D eigenvalue weighted by Crippen LogP contribution is 2.27. The summed E-state index contributed by atoms with van der Waals surface area (Å²) in [7, 11) is 0. The molecule has 0 bridgehead atoms. The lowest BCUT2D eigenvalue weighted by atomic mass is 10.2. The number of thioether (sulfide) groups is 1. The van der Waals surface area contributed by atoms with Gasteiger partial charge in [-0.15, -0.1) is 10.2 Å². The molecule has 0 unspecified atom stereocenters. The molecule has 0 saturated heterocycles. The van der Waals surface area contributed by atoms with Gasteiger partial charge in [0.25, 0.3) is 0 Å². The number of hydrogen-bond donors (Lipinski definition) is 1. The van der Waals surface area contributed by atoms with Crippen molar-refractivity contribution >= 4 is 17.7 Å². The minimum Gasteiger partial charge on any atom is -0.382 e. The third-order valence-corrected chi connectivity index (χ3v) is 5.00. The van der Waals surface area contributed by atoms with Crippen LogP contribution in [-0.4, -0.2) is 46.2 Å². The van der Waals surface area contributed by atoms with Crippen molar-refractivity contribution in [1.29, 1.82) is 0 Å². The number of halogens is 1. The van der Waals surface area contributed by atoms with E-state index in [1.165, 1.54) is 23.9 Å². The minimum absolute atomic E-state index is 0.0718. The maximum absolute atomic E-state index is 13.3. The molecule has 0 aliphatic rings. The van der Waals surface area contributed by atoms with Crippen LogP contribution in [0.15, 0.2) is 59.8 Å². The lowest BCUT2D eigenvalue weighted by Gasteiger charge is -2.10. The van der Waals surface area contributed by atoms with Gasteiger partial charge in [-0.05, 0) is 49.7 Å². The summed E-state index contributed by atoms with van der Waals surface area (Å²) in [5.41, 5.74) is 1.62. The molecule has 6 nitrogen and oxygen atoms in total. The van der Waals surface area contributed by atoms with Gasteiger partial charge in [-0.1, -0.05) is 30.0 Å². The molecular weight excluding hydrogens is 391 g/mol. The highest BCUT2D eigenvalue weighted by molar-refractivity contribution is 7.99. The first-order valence-corrected chi connectivity index (χ1v) is 10.4. The number of nitrogens with one attached hydrogen (secondary N) is 1. The molecular formula is C21H23FN4O2S. The van der Waals surface area contributed by atoms with Crippen LogP contribution in [0.3, 0.4) is 0 Å². The molecule has 0 aliphatic heterocycles. The minimum atomic E-state index is -0.310. The van der Waals surface area contributed by atoms with Crippen molar-refractivity contribution in [3.63, 3.8) is 0 Å². The van der Waals surface area contributed by atoms with Crippen LogP contribution in [-0.2, 0) is 9.53 Å².